The normalized spacial score (nSPS) is 10.2. The molecule has 0 aromatic heterocycles. The summed E-state index contributed by atoms with van der Waals surface area (Å²) in [5.41, 5.74) is 1.52. The van der Waals surface area contributed by atoms with Gasteiger partial charge in [-0.25, -0.2) is 0 Å². The topological polar surface area (TPSA) is 78.5 Å². The van der Waals surface area contributed by atoms with Crippen molar-refractivity contribution in [2.45, 2.75) is 33.2 Å². The fourth-order valence-corrected chi connectivity index (χ4v) is 1.89. The molecule has 0 heterocycles. The SMILES string of the molecule is CC(=O)Nc1ccc(CC(=O)N(C)CC(=O)NC(C)C)cc1. The van der Waals surface area contributed by atoms with E-state index in [0.717, 1.165) is 5.56 Å². The second kappa shape index (κ2) is 8.17. The van der Waals surface area contributed by atoms with Crippen LogP contribution in [0.15, 0.2) is 24.3 Å². The lowest BCUT2D eigenvalue weighted by Crippen LogP contribution is -2.41. The highest BCUT2D eigenvalue weighted by Gasteiger charge is 2.14. The molecule has 0 saturated carbocycles. The quantitative estimate of drug-likeness (QED) is 0.828. The number of hydrogen-bond donors (Lipinski definition) is 2. The van der Waals surface area contributed by atoms with Crippen LogP contribution in [0.2, 0.25) is 0 Å². The first kappa shape index (κ1) is 17.7. The molecule has 0 aliphatic rings. The van der Waals surface area contributed by atoms with Crippen molar-refractivity contribution in [3.63, 3.8) is 0 Å². The van der Waals surface area contributed by atoms with E-state index in [-0.39, 0.29) is 36.7 Å². The number of nitrogens with zero attached hydrogens (tertiary/aromatic N) is 1. The zero-order valence-electron chi connectivity index (χ0n) is 13.5. The Morgan fingerprint density at radius 1 is 1.14 bits per heavy atom. The Kier molecular flexibility index (Phi) is 6.56. The molecule has 120 valence electrons. The van der Waals surface area contributed by atoms with E-state index in [1.165, 1.54) is 11.8 Å². The molecule has 0 aliphatic carbocycles. The van der Waals surface area contributed by atoms with E-state index in [0.29, 0.717) is 5.69 Å². The van der Waals surface area contributed by atoms with Crippen molar-refractivity contribution in [3.05, 3.63) is 29.8 Å². The highest BCUT2D eigenvalue weighted by atomic mass is 16.2. The average Bonchev–Trinajstić information content (AvgIpc) is 2.39. The summed E-state index contributed by atoms with van der Waals surface area (Å²) >= 11 is 0. The maximum Gasteiger partial charge on any atom is 0.239 e. The van der Waals surface area contributed by atoms with Gasteiger partial charge in [-0.3, -0.25) is 14.4 Å². The van der Waals surface area contributed by atoms with Crippen LogP contribution in [0.25, 0.3) is 0 Å². The minimum atomic E-state index is -0.174. The van der Waals surface area contributed by atoms with Gasteiger partial charge in [-0.05, 0) is 31.5 Å². The number of benzene rings is 1. The maximum atomic E-state index is 12.1. The summed E-state index contributed by atoms with van der Waals surface area (Å²) < 4.78 is 0. The van der Waals surface area contributed by atoms with E-state index in [1.54, 1.807) is 31.3 Å². The Morgan fingerprint density at radius 3 is 2.23 bits per heavy atom. The van der Waals surface area contributed by atoms with Crippen LogP contribution in [0.1, 0.15) is 26.3 Å². The van der Waals surface area contributed by atoms with Crippen LogP contribution in [0.4, 0.5) is 5.69 Å². The van der Waals surface area contributed by atoms with Crippen LogP contribution in [-0.2, 0) is 20.8 Å². The summed E-state index contributed by atoms with van der Waals surface area (Å²) in [7, 11) is 1.61. The molecular formula is C16H23N3O3. The summed E-state index contributed by atoms with van der Waals surface area (Å²) in [6, 6.07) is 7.11. The second-order valence-electron chi connectivity index (χ2n) is 5.53. The third-order valence-corrected chi connectivity index (χ3v) is 2.89. The van der Waals surface area contributed by atoms with Gasteiger partial charge >= 0.3 is 0 Å². The molecule has 0 bridgehead atoms. The summed E-state index contributed by atoms with van der Waals surface area (Å²) in [5.74, 6) is -0.447. The lowest BCUT2D eigenvalue weighted by Gasteiger charge is -2.18. The molecule has 0 fully saturated rings. The molecule has 2 N–H and O–H groups in total. The highest BCUT2D eigenvalue weighted by molar-refractivity contribution is 5.89. The average molecular weight is 305 g/mol. The molecule has 1 aromatic rings. The zero-order valence-corrected chi connectivity index (χ0v) is 13.5. The van der Waals surface area contributed by atoms with Crippen molar-refractivity contribution < 1.29 is 14.4 Å². The Labute approximate surface area is 130 Å². The lowest BCUT2D eigenvalue weighted by molar-refractivity contribution is -0.134. The Hall–Kier alpha value is -2.37. The van der Waals surface area contributed by atoms with Gasteiger partial charge in [-0.2, -0.15) is 0 Å². The van der Waals surface area contributed by atoms with Crippen LogP contribution in [0.5, 0.6) is 0 Å². The fraction of sp³-hybridized carbons (Fsp3) is 0.438. The third kappa shape index (κ3) is 6.39. The minimum absolute atomic E-state index is 0.0426. The van der Waals surface area contributed by atoms with E-state index in [1.807, 2.05) is 13.8 Å². The number of rotatable bonds is 6. The molecule has 3 amide bonds. The lowest BCUT2D eigenvalue weighted by atomic mass is 10.1. The van der Waals surface area contributed by atoms with Crippen molar-refractivity contribution in [2.24, 2.45) is 0 Å². The van der Waals surface area contributed by atoms with Crippen molar-refractivity contribution in [1.29, 1.82) is 0 Å². The van der Waals surface area contributed by atoms with Crippen LogP contribution in [0.3, 0.4) is 0 Å². The number of carbonyl (C=O) groups is 3. The molecule has 0 unspecified atom stereocenters. The third-order valence-electron chi connectivity index (χ3n) is 2.89. The summed E-state index contributed by atoms with van der Waals surface area (Å²) in [4.78, 5) is 36.0. The van der Waals surface area contributed by atoms with E-state index in [9.17, 15) is 14.4 Å². The molecule has 6 nitrogen and oxygen atoms in total. The molecule has 6 heteroatoms. The first-order chi connectivity index (χ1) is 10.3. The van der Waals surface area contributed by atoms with Crippen LogP contribution in [-0.4, -0.2) is 42.3 Å². The van der Waals surface area contributed by atoms with E-state index in [4.69, 9.17) is 0 Å². The van der Waals surface area contributed by atoms with Crippen molar-refractivity contribution in [1.82, 2.24) is 10.2 Å². The van der Waals surface area contributed by atoms with Crippen LogP contribution < -0.4 is 10.6 Å². The first-order valence-corrected chi connectivity index (χ1v) is 7.17. The standard InChI is InChI=1S/C16H23N3O3/c1-11(2)17-15(21)10-19(4)16(22)9-13-5-7-14(8-6-13)18-12(3)20/h5-8,11H,9-10H2,1-4H3,(H,17,21)(H,18,20). The van der Waals surface area contributed by atoms with Crippen molar-refractivity contribution in [3.8, 4) is 0 Å². The summed E-state index contributed by atoms with van der Waals surface area (Å²) in [6.07, 6.45) is 0.214. The Morgan fingerprint density at radius 2 is 1.73 bits per heavy atom. The molecule has 0 radical (unpaired) electrons. The van der Waals surface area contributed by atoms with E-state index >= 15 is 0 Å². The number of likely N-dealkylation sites (N-methyl/N-ethyl adjacent to an activating group) is 1. The number of hydrogen-bond acceptors (Lipinski definition) is 3. The second-order valence-corrected chi connectivity index (χ2v) is 5.53. The first-order valence-electron chi connectivity index (χ1n) is 7.17. The molecule has 22 heavy (non-hydrogen) atoms. The smallest absolute Gasteiger partial charge is 0.239 e. The van der Waals surface area contributed by atoms with Gasteiger partial charge in [0.15, 0.2) is 0 Å². The maximum absolute atomic E-state index is 12.1. The van der Waals surface area contributed by atoms with E-state index < -0.39 is 0 Å². The predicted octanol–water partition coefficient (Wildman–Crippen LogP) is 1.17. The molecule has 1 aromatic carbocycles. The molecule has 0 spiro atoms. The van der Waals surface area contributed by atoms with Gasteiger partial charge in [0, 0.05) is 25.7 Å². The van der Waals surface area contributed by atoms with Gasteiger partial charge in [-0.15, -0.1) is 0 Å². The highest BCUT2D eigenvalue weighted by Crippen LogP contribution is 2.10. The monoisotopic (exact) mass is 305 g/mol. The molecule has 0 atom stereocenters. The number of carbonyl (C=O) groups excluding carboxylic acids is 3. The van der Waals surface area contributed by atoms with Gasteiger partial charge in [0.25, 0.3) is 0 Å². The van der Waals surface area contributed by atoms with Gasteiger partial charge in [-0.1, -0.05) is 12.1 Å². The summed E-state index contributed by atoms with van der Waals surface area (Å²) in [6.45, 7) is 5.22. The van der Waals surface area contributed by atoms with Crippen molar-refractivity contribution in [2.75, 3.05) is 18.9 Å². The fourth-order valence-electron chi connectivity index (χ4n) is 1.89. The Bertz CT molecular complexity index is 538. The van der Waals surface area contributed by atoms with Crippen LogP contribution >= 0.6 is 0 Å². The number of anilines is 1. The Balaban J connectivity index is 2.53. The van der Waals surface area contributed by atoms with Gasteiger partial charge in [0.2, 0.25) is 17.7 Å². The zero-order chi connectivity index (χ0) is 16.7. The molecular weight excluding hydrogens is 282 g/mol. The van der Waals surface area contributed by atoms with Gasteiger partial charge in [0.1, 0.15) is 0 Å². The predicted molar refractivity (Wildman–Crippen MR) is 85.4 cm³/mol. The minimum Gasteiger partial charge on any atom is -0.352 e. The van der Waals surface area contributed by atoms with Crippen LogP contribution in [0, 0.1) is 0 Å². The van der Waals surface area contributed by atoms with Gasteiger partial charge in [0.05, 0.1) is 13.0 Å². The molecule has 0 aliphatic heterocycles. The largest absolute Gasteiger partial charge is 0.352 e. The molecule has 1 rings (SSSR count). The molecule has 0 saturated heterocycles. The van der Waals surface area contributed by atoms with Gasteiger partial charge < -0.3 is 15.5 Å². The van der Waals surface area contributed by atoms with E-state index in [2.05, 4.69) is 10.6 Å². The summed E-state index contributed by atoms with van der Waals surface area (Å²) in [5, 5.41) is 5.41. The number of nitrogens with one attached hydrogen (secondary N) is 2. The van der Waals surface area contributed by atoms with Crippen molar-refractivity contribution >= 4 is 23.4 Å². The number of amides is 3.